The molecule has 1 aromatic carbocycles. The lowest BCUT2D eigenvalue weighted by Gasteiger charge is -2.15. The molecule has 0 spiro atoms. The van der Waals surface area contributed by atoms with Gasteiger partial charge in [-0.2, -0.15) is 0 Å². The number of ether oxygens (including phenoxy) is 3. The zero-order chi connectivity index (χ0) is 22.2. The van der Waals surface area contributed by atoms with E-state index in [-0.39, 0.29) is 15.6 Å². The van der Waals surface area contributed by atoms with Crippen molar-refractivity contribution in [1.82, 2.24) is 0 Å². The van der Waals surface area contributed by atoms with Crippen LogP contribution in [0.5, 0.6) is 11.5 Å². The molecule has 5 nitrogen and oxygen atoms in total. The van der Waals surface area contributed by atoms with Crippen molar-refractivity contribution in [1.29, 1.82) is 0 Å². The number of rotatable bonds is 15. The third-order valence-corrected chi connectivity index (χ3v) is 4.39. The topological polar surface area (TPSA) is 49.3 Å². The van der Waals surface area contributed by atoms with Crippen LogP contribution in [0.3, 0.4) is 0 Å². The van der Waals surface area contributed by atoms with Crippen LogP contribution in [-0.2, 0) is 16.0 Å². The lowest BCUT2D eigenvalue weighted by molar-refractivity contribution is 0.150. The van der Waals surface area contributed by atoms with Crippen molar-refractivity contribution in [2.45, 2.75) is 33.1 Å². The van der Waals surface area contributed by atoms with Crippen molar-refractivity contribution in [3.8, 4) is 11.5 Å². The molecule has 0 fully saturated rings. The largest absolute Gasteiger partial charge is 0.493 e. The summed E-state index contributed by atoms with van der Waals surface area (Å²) in [6.45, 7) is 6.25. The molecule has 0 aromatic heterocycles. The molecule has 0 atom stereocenters. The SMILES string of the molecule is CCc1cc(OCC=C(Cl)Cl)cc(C)c1OCCCCOC/C=N/OCC=C(Cl)Cl. The van der Waals surface area contributed by atoms with Crippen LogP contribution in [0, 0.1) is 6.92 Å². The number of halogens is 4. The lowest BCUT2D eigenvalue weighted by atomic mass is 10.1. The predicted molar refractivity (Wildman–Crippen MR) is 126 cm³/mol. The third-order valence-electron chi connectivity index (χ3n) is 3.78. The maximum Gasteiger partial charge on any atom is 0.138 e. The molecular weight excluding hydrogens is 472 g/mol. The number of aryl methyl sites for hydroxylation is 2. The van der Waals surface area contributed by atoms with E-state index in [0.29, 0.717) is 26.4 Å². The zero-order valence-electron chi connectivity index (χ0n) is 17.1. The van der Waals surface area contributed by atoms with Crippen LogP contribution < -0.4 is 9.47 Å². The average molecular weight is 499 g/mol. The van der Waals surface area contributed by atoms with Crippen LogP contribution in [0.2, 0.25) is 0 Å². The number of hydrogen-bond acceptors (Lipinski definition) is 5. The molecule has 30 heavy (non-hydrogen) atoms. The van der Waals surface area contributed by atoms with Gasteiger partial charge in [-0.05, 0) is 61.6 Å². The van der Waals surface area contributed by atoms with Gasteiger partial charge in [-0.1, -0.05) is 58.5 Å². The van der Waals surface area contributed by atoms with Gasteiger partial charge in [0.2, 0.25) is 0 Å². The van der Waals surface area contributed by atoms with Crippen LogP contribution in [0.15, 0.2) is 38.4 Å². The summed E-state index contributed by atoms with van der Waals surface area (Å²) >= 11 is 22.1. The molecule has 0 N–H and O–H groups in total. The zero-order valence-corrected chi connectivity index (χ0v) is 20.2. The highest BCUT2D eigenvalue weighted by Crippen LogP contribution is 2.30. The van der Waals surface area contributed by atoms with Gasteiger partial charge >= 0.3 is 0 Å². The highest BCUT2D eigenvalue weighted by molar-refractivity contribution is 6.56. The molecule has 0 saturated heterocycles. The molecule has 0 bridgehead atoms. The Hall–Kier alpha value is -1.11. The first-order chi connectivity index (χ1) is 14.4. The molecule has 0 aliphatic carbocycles. The van der Waals surface area contributed by atoms with Crippen molar-refractivity contribution in [2.75, 3.05) is 33.0 Å². The van der Waals surface area contributed by atoms with Gasteiger partial charge in [-0.3, -0.25) is 0 Å². The molecule has 168 valence electrons. The first-order valence-corrected chi connectivity index (χ1v) is 11.1. The minimum atomic E-state index is 0.152. The fraction of sp³-hybridized carbons (Fsp3) is 0.476. The van der Waals surface area contributed by atoms with Crippen molar-refractivity contribution in [3.63, 3.8) is 0 Å². The Balaban J connectivity index is 2.28. The summed E-state index contributed by atoms with van der Waals surface area (Å²) in [6, 6.07) is 3.94. The Kier molecular flexibility index (Phi) is 14.9. The number of oxime groups is 1. The van der Waals surface area contributed by atoms with Gasteiger partial charge in [-0.25, -0.2) is 0 Å². The minimum Gasteiger partial charge on any atom is -0.493 e. The van der Waals surface area contributed by atoms with Crippen molar-refractivity contribution < 1.29 is 19.0 Å². The Morgan fingerprint density at radius 3 is 2.33 bits per heavy atom. The van der Waals surface area contributed by atoms with Gasteiger partial charge in [0.05, 0.1) is 19.4 Å². The second kappa shape index (κ2) is 16.6. The van der Waals surface area contributed by atoms with E-state index in [1.165, 1.54) is 6.08 Å². The van der Waals surface area contributed by atoms with Gasteiger partial charge in [-0.15, -0.1) is 0 Å². The lowest BCUT2D eigenvalue weighted by Crippen LogP contribution is -2.05. The average Bonchev–Trinajstić information content (AvgIpc) is 2.69. The Bertz CT molecular complexity index is 715. The number of hydrogen-bond donors (Lipinski definition) is 0. The maximum atomic E-state index is 6.01. The van der Waals surface area contributed by atoms with E-state index in [1.54, 1.807) is 12.3 Å². The summed E-state index contributed by atoms with van der Waals surface area (Å²) < 4.78 is 17.5. The second-order valence-electron chi connectivity index (χ2n) is 6.09. The Labute approximate surface area is 198 Å². The summed E-state index contributed by atoms with van der Waals surface area (Å²) in [5.74, 6) is 1.68. The monoisotopic (exact) mass is 497 g/mol. The molecule has 0 unspecified atom stereocenters. The number of unbranched alkanes of at least 4 members (excludes halogenated alkanes) is 1. The van der Waals surface area contributed by atoms with E-state index in [9.17, 15) is 0 Å². The molecule has 1 rings (SSSR count). The van der Waals surface area contributed by atoms with Gasteiger partial charge < -0.3 is 19.0 Å². The third kappa shape index (κ3) is 12.6. The normalized spacial score (nSPS) is 10.7. The second-order valence-corrected chi connectivity index (χ2v) is 8.11. The van der Waals surface area contributed by atoms with Crippen molar-refractivity contribution in [2.24, 2.45) is 5.16 Å². The van der Waals surface area contributed by atoms with Gasteiger partial charge in [0.25, 0.3) is 0 Å². The van der Waals surface area contributed by atoms with Crippen molar-refractivity contribution in [3.05, 3.63) is 44.4 Å². The summed E-state index contributed by atoms with van der Waals surface area (Å²) in [4.78, 5) is 4.91. The fourth-order valence-electron chi connectivity index (χ4n) is 2.41. The molecule has 0 amide bonds. The molecule has 0 radical (unpaired) electrons. The summed E-state index contributed by atoms with van der Waals surface area (Å²) in [7, 11) is 0. The molecular formula is C21H27Cl4NO4. The summed E-state index contributed by atoms with van der Waals surface area (Å²) in [6.07, 6.45) is 7.26. The molecule has 1 aromatic rings. The van der Waals surface area contributed by atoms with Crippen LogP contribution >= 0.6 is 46.4 Å². The molecule has 0 heterocycles. The minimum absolute atomic E-state index is 0.152. The highest BCUT2D eigenvalue weighted by Gasteiger charge is 2.09. The first-order valence-electron chi connectivity index (χ1n) is 9.57. The summed E-state index contributed by atoms with van der Waals surface area (Å²) in [5.41, 5.74) is 2.13. The van der Waals surface area contributed by atoms with E-state index < -0.39 is 0 Å². The quantitative estimate of drug-likeness (QED) is 0.152. The van der Waals surface area contributed by atoms with Crippen molar-refractivity contribution >= 4 is 52.6 Å². The van der Waals surface area contributed by atoms with E-state index in [4.69, 9.17) is 65.5 Å². The maximum absolute atomic E-state index is 6.01. The fourth-order valence-corrected chi connectivity index (χ4v) is 2.66. The van der Waals surface area contributed by atoms with Crippen LogP contribution in [0.1, 0.15) is 30.9 Å². The predicted octanol–water partition coefficient (Wildman–Crippen LogP) is 6.75. The van der Waals surface area contributed by atoms with Crippen LogP contribution in [0.4, 0.5) is 0 Å². The molecule has 0 aliphatic heterocycles. The van der Waals surface area contributed by atoms with E-state index in [2.05, 4.69) is 12.1 Å². The highest BCUT2D eigenvalue weighted by atomic mass is 35.5. The molecule has 0 aliphatic rings. The van der Waals surface area contributed by atoms with E-state index >= 15 is 0 Å². The molecule has 0 saturated carbocycles. The number of benzene rings is 1. The number of nitrogens with zero attached hydrogens (tertiary/aromatic N) is 1. The van der Waals surface area contributed by atoms with E-state index in [0.717, 1.165) is 41.9 Å². The van der Waals surface area contributed by atoms with Gasteiger partial charge in [0.15, 0.2) is 0 Å². The standard InChI is InChI=1S/C21H27Cl4NO4/c1-3-17-15-18(28-11-6-19(22)23)14-16(2)21(17)29-10-5-4-9-27-13-8-26-30-12-7-20(24)25/h6-8,14-15H,3-5,9-13H2,1-2H3/b26-8+. The smallest absolute Gasteiger partial charge is 0.138 e. The first kappa shape index (κ1) is 26.9. The Morgan fingerprint density at radius 1 is 0.933 bits per heavy atom. The van der Waals surface area contributed by atoms with E-state index in [1.807, 2.05) is 19.1 Å². The van der Waals surface area contributed by atoms with Gasteiger partial charge in [0.1, 0.15) is 33.7 Å². The van der Waals surface area contributed by atoms with Crippen LogP contribution in [-0.4, -0.2) is 39.2 Å². The molecule has 9 heteroatoms. The van der Waals surface area contributed by atoms with Crippen LogP contribution in [0.25, 0.3) is 0 Å². The van der Waals surface area contributed by atoms with Gasteiger partial charge in [0, 0.05) is 6.61 Å². The Morgan fingerprint density at radius 2 is 1.63 bits per heavy atom. The summed E-state index contributed by atoms with van der Waals surface area (Å²) in [5, 5.41) is 3.72.